The molecule has 1 saturated heterocycles. The molecule has 3 aromatic rings. The molecule has 2 N–H and O–H groups in total. The van der Waals surface area contributed by atoms with Crippen LogP contribution >= 0.6 is 23.8 Å². The van der Waals surface area contributed by atoms with Gasteiger partial charge in [0.15, 0.2) is 11.7 Å². The second-order valence-corrected chi connectivity index (χ2v) is 8.66. The molecule has 1 aliphatic heterocycles. The first kappa shape index (κ1) is 25.1. The van der Waals surface area contributed by atoms with Crippen LogP contribution < -0.4 is 20.3 Å². The van der Waals surface area contributed by atoms with E-state index in [2.05, 4.69) is 10.6 Å². The van der Waals surface area contributed by atoms with E-state index in [0.717, 1.165) is 12.0 Å². The van der Waals surface area contributed by atoms with Gasteiger partial charge in [-0.25, -0.2) is 0 Å². The van der Waals surface area contributed by atoms with Gasteiger partial charge in [0.1, 0.15) is 11.3 Å². The van der Waals surface area contributed by atoms with E-state index in [9.17, 15) is 14.4 Å². The number of thiocarbonyl (C=S) groups is 1. The third-order valence-corrected chi connectivity index (χ3v) is 5.97. The highest BCUT2D eigenvalue weighted by atomic mass is 35.5. The number of nitrogens with zero attached hydrogens (tertiary/aromatic N) is 1. The first-order valence-corrected chi connectivity index (χ1v) is 11.9. The van der Waals surface area contributed by atoms with Gasteiger partial charge in [-0.05, 0) is 72.2 Å². The molecule has 0 aliphatic carbocycles. The minimum absolute atomic E-state index is 0.0157. The summed E-state index contributed by atoms with van der Waals surface area (Å²) in [6.07, 6.45) is 2.29. The van der Waals surface area contributed by atoms with Crippen LogP contribution in [0, 0.1) is 0 Å². The van der Waals surface area contributed by atoms with E-state index in [0.29, 0.717) is 22.7 Å². The van der Waals surface area contributed by atoms with E-state index in [4.69, 9.17) is 28.6 Å². The molecule has 9 heteroatoms. The van der Waals surface area contributed by atoms with Crippen LogP contribution in [0.2, 0.25) is 5.02 Å². The Bertz CT molecular complexity index is 1360. The third-order valence-electron chi connectivity index (χ3n) is 5.39. The van der Waals surface area contributed by atoms with Gasteiger partial charge >= 0.3 is 0 Å². The number of aryl methyl sites for hydroxylation is 1. The number of anilines is 2. The van der Waals surface area contributed by atoms with Crippen molar-refractivity contribution in [2.45, 2.75) is 13.3 Å². The number of para-hydroxylation sites is 1. The molecule has 182 valence electrons. The molecule has 0 atom stereocenters. The number of hydrogen-bond donors (Lipinski definition) is 2. The van der Waals surface area contributed by atoms with Gasteiger partial charge in [0, 0.05) is 5.69 Å². The topological polar surface area (TPSA) is 87.7 Å². The number of carbonyl (C=O) groups excluding carboxylic acids is 3. The van der Waals surface area contributed by atoms with E-state index in [-0.39, 0.29) is 28.2 Å². The van der Waals surface area contributed by atoms with Gasteiger partial charge in [-0.1, -0.05) is 54.9 Å². The Kier molecular flexibility index (Phi) is 7.77. The summed E-state index contributed by atoms with van der Waals surface area (Å²) < 4.78 is 5.53. The Balaban J connectivity index is 1.48. The molecule has 36 heavy (non-hydrogen) atoms. The first-order chi connectivity index (χ1) is 17.4. The number of hydrogen-bond acceptors (Lipinski definition) is 5. The number of nitrogens with one attached hydrogen (secondary N) is 2. The van der Waals surface area contributed by atoms with E-state index in [1.165, 1.54) is 11.0 Å². The normalized spacial score (nSPS) is 14.6. The molecule has 0 spiro atoms. The molecule has 1 fully saturated rings. The van der Waals surface area contributed by atoms with Gasteiger partial charge in [-0.2, -0.15) is 0 Å². The maximum atomic E-state index is 13.2. The summed E-state index contributed by atoms with van der Waals surface area (Å²) in [6, 6.07) is 21.2. The van der Waals surface area contributed by atoms with Crippen LogP contribution in [0.25, 0.3) is 6.08 Å². The fraction of sp³-hybridized carbons (Fsp3) is 0.111. The number of halogens is 1. The maximum Gasteiger partial charge on any atom is 0.270 e. The summed E-state index contributed by atoms with van der Waals surface area (Å²) in [4.78, 5) is 39.2. The van der Waals surface area contributed by atoms with Crippen molar-refractivity contribution in [3.8, 4) is 5.75 Å². The highest BCUT2D eigenvalue weighted by Gasteiger charge is 2.34. The van der Waals surface area contributed by atoms with Crippen LogP contribution in [0.3, 0.4) is 0 Å². The lowest BCUT2D eigenvalue weighted by Crippen LogP contribution is -2.54. The molecule has 0 aromatic heterocycles. The predicted octanol–water partition coefficient (Wildman–Crippen LogP) is 4.75. The molecular formula is C27H22ClN3O4S. The number of carbonyl (C=O) groups is 3. The van der Waals surface area contributed by atoms with Crippen molar-refractivity contribution < 1.29 is 19.1 Å². The molecule has 3 amide bonds. The number of benzene rings is 3. The van der Waals surface area contributed by atoms with E-state index < -0.39 is 11.8 Å². The Labute approximate surface area is 218 Å². The highest BCUT2D eigenvalue weighted by molar-refractivity contribution is 7.80. The van der Waals surface area contributed by atoms with Gasteiger partial charge in [-0.15, -0.1) is 0 Å². The molecule has 1 aliphatic rings. The minimum Gasteiger partial charge on any atom is -0.482 e. The van der Waals surface area contributed by atoms with Crippen LogP contribution in [0.15, 0.2) is 78.4 Å². The van der Waals surface area contributed by atoms with Crippen molar-refractivity contribution >= 4 is 64.1 Å². The summed E-state index contributed by atoms with van der Waals surface area (Å²) >= 11 is 11.6. The van der Waals surface area contributed by atoms with Crippen LogP contribution in [0.1, 0.15) is 18.1 Å². The second-order valence-electron chi connectivity index (χ2n) is 7.87. The lowest BCUT2D eigenvalue weighted by molar-refractivity contribution is -0.122. The average molecular weight is 520 g/mol. The number of rotatable bonds is 7. The predicted molar refractivity (Wildman–Crippen MR) is 144 cm³/mol. The summed E-state index contributed by atoms with van der Waals surface area (Å²) in [6.45, 7) is 1.80. The number of ether oxygens (including phenoxy) is 1. The van der Waals surface area contributed by atoms with Crippen molar-refractivity contribution in [1.29, 1.82) is 0 Å². The Hall–Kier alpha value is -4.01. The fourth-order valence-corrected chi connectivity index (χ4v) is 4.05. The first-order valence-electron chi connectivity index (χ1n) is 11.1. The fourth-order valence-electron chi connectivity index (χ4n) is 3.53. The highest BCUT2D eigenvalue weighted by Crippen LogP contribution is 2.28. The van der Waals surface area contributed by atoms with Gasteiger partial charge < -0.3 is 10.1 Å². The zero-order chi connectivity index (χ0) is 25.7. The Morgan fingerprint density at radius 2 is 1.81 bits per heavy atom. The van der Waals surface area contributed by atoms with Gasteiger partial charge in [-0.3, -0.25) is 24.6 Å². The van der Waals surface area contributed by atoms with Crippen molar-refractivity contribution in [3.63, 3.8) is 0 Å². The van der Waals surface area contributed by atoms with Crippen LogP contribution in [0.5, 0.6) is 5.75 Å². The molecule has 1 heterocycles. The molecule has 0 saturated carbocycles. The summed E-state index contributed by atoms with van der Waals surface area (Å²) in [5.74, 6) is -1.18. The maximum absolute atomic E-state index is 13.2. The van der Waals surface area contributed by atoms with Crippen LogP contribution in [-0.2, 0) is 20.8 Å². The SMILES string of the molecule is CCc1ccc(N2C(=O)/C(=C/c3ccc(OCC(=O)Nc4ccccc4)c(Cl)c3)C(=O)NC2=S)cc1. The van der Waals surface area contributed by atoms with Crippen LogP contribution in [-0.4, -0.2) is 29.4 Å². The minimum atomic E-state index is -0.597. The van der Waals surface area contributed by atoms with Gasteiger partial charge in [0.2, 0.25) is 0 Å². The van der Waals surface area contributed by atoms with Gasteiger partial charge in [0.25, 0.3) is 17.7 Å². The molecule has 4 rings (SSSR count). The van der Waals surface area contributed by atoms with Crippen molar-refractivity contribution in [2.24, 2.45) is 0 Å². The molecule has 7 nitrogen and oxygen atoms in total. The van der Waals surface area contributed by atoms with E-state index >= 15 is 0 Å². The lowest BCUT2D eigenvalue weighted by Gasteiger charge is -2.29. The van der Waals surface area contributed by atoms with Crippen molar-refractivity contribution in [3.05, 3.63) is 94.5 Å². The largest absolute Gasteiger partial charge is 0.482 e. The quantitative estimate of drug-likeness (QED) is 0.267. The third kappa shape index (κ3) is 5.79. The molecular weight excluding hydrogens is 498 g/mol. The van der Waals surface area contributed by atoms with Crippen LogP contribution in [0.4, 0.5) is 11.4 Å². The smallest absolute Gasteiger partial charge is 0.270 e. The molecule has 0 radical (unpaired) electrons. The summed E-state index contributed by atoms with van der Waals surface area (Å²) in [7, 11) is 0. The standard InChI is InChI=1S/C27H22ClN3O4S/c1-2-17-8-11-20(12-9-17)31-26(34)21(25(33)30-27(31)36)14-18-10-13-23(22(28)15-18)35-16-24(32)29-19-6-4-3-5-7-19/h3-15H,2,16H2,1H3,(H,29,32)(H,30,33,36)/b21-14+. The Morgan fingerprint density at radius 3 is 2.47 bits per heavy atom. The van der Waals surface area contributed by atoms with E-state index in [1.807, 2.05) is 37.3 Å². The molecule has 3 aromatic carbocycles. The number of amides is 3. The zero-order valence-corrected chi connectivity index (χ0v) is 20.9. The molecule has 0 unspecified atom stereocenters. The van der Waals surface area contributed by atoms with Crippen molar-refractivity contribution in [2.75, 3.05) is 16.8 Å². The lowest BCUT2D eigenvalue weighted by atomic mass is 10.1. The monoisotopic (exact) mass is 519 g/mol. The van der Waals surface area contributed by atoms with Crippen molar-refractivity contribution in [1.82, 2.24) is 5.32 Å². The van der Waals surface area contributed by atoms with E-state index in [1.54, 1.807) is 42.5 Å². The average Bonchev–Trinajstić information content (AvgIpc) is 2.87. The second kappa shape index (κ2) is 11.2. The Morgan fingerprint density at radius 1 is 1.08 bits per heavy atom. The summed E-state index contributed by atoms with van der Waals surface area (Å²) in [5.41, 5.74) is 2.75. The molecule has 0 bridgehead atoms. The zero-order valence-electron chi connectivity index (χ0n) is 19.3. The summed E-state index contributed by atoms with van der Waals surface area (Å²) in [5, 5.41) is 5.52. The van der Waals surface area contributed by atoms with Gasteiger partial charge in [0.05, 0.1) is 10.7 Å².